The number of hydrogen-bond donors (Lipinski definition) is 1. The van der Waals surface area contributed by atoms with Gasteiger partial charge in [-0.05, 0) is 12.8 Å². The molecular weight excluding hydrogens is 216 g/mol. The third kappa shape index (κ3) is 3.78. The Hall–Kier alpha value is -0.940. The molecule has 1 aliphatic rings. The maximum absolute atomic E-state index is 5.28. The molecule has 1 N–H and O–H groups in total. The van der Waals surface area contributed by atoms with E-state index >= 15 is 0 Å². The summed E-state index contributed by atoms with van der Waals surface area (Å²) in [7, 11) is 0. The fourth-order valence-electron chi connectivity index (χ4n) is 2.15. The van der Waals surface area contributed by atoms with Gasteiger partial charge in [0.1, 0.15) is 0 Å². The van der Waals surface area contributed by atoms with E-state index < -0.39 is 0 Å². The maximum atomic E-state index is 5.28. The zero-order valence-corrected chi connectivity index (χ0v) is 10.9. The van der Waals surface area contributed by atoms with Crippen LogP contribution in [0.2, 0.25) is 0 Å². The van der Waals surface area contributed by atoms with E-state index in [-0.39, 0.29) is 0 Å². The highest BCUT2D eigenvalue weighted by Gasteiger charge is 2.18. The van der Waals surface area contributed by atoms with Gasteiger partial charge in [0.2, 0.25) is 5.89 Å². The van der Waals surface area contributed by atoms with Gasteiger partial charge in [0.05, 0.1) is 6.54 Å². The average Bonchev–Trinajstić information content (AvgIpc) is 2.64. The first-order chi connectivity index (χ1) is 8.13. The van der Waals surface area contributed by atoms with Crippen LogP contribution in [0, 0.1) is 5.92 Å². The lowest BCUT2D eigenvalue weighted by atomic mass is 10.1. The highest BCUT2D eigenvalue weighted by molar-refractivity contribution is 4.88. The van der Waals surface area contributed by atoms with Gasteiger partial charge in [-0.1, -0.05) is 19.0 Å². The minimum atomic E-state index is 0.543. The highest BCUT2D eigenvalue weighted by atomic mass is 16.5. The van der Waals surface area contributed by atoms with Gasteiger partial charge < -0.3 is 9.84 Å². The van der Waals surface area contributed by atoms with Crippen molar-refractivity contribution in [3.63, 3.8) is 0 Å². The lowest BCUT2D eigenvalue weighted by molar-refractivity contribution is 0.177. The summed E-state index contributed by atoms with van der Waals surface area (Å²) < 4.78 is 5.28. The second kappa shape index (κ2) is 5.60. The summed E-state index contributed by atoms with van der Waals surface area (Å²) in [6.07, 6.45) is 0.890. The van der Waals surface area contributed by atoms with Crippen LogP contribution < -0.4 is 5.32 Å². The molecule has 1 saturated heterocycles. The van der Waals surface area contributed by atoms with Crippen molar-refractivity contribution in [1.82, 2.24) is 20.4 Å². The summed E-state index contributed by atoms with van der Waals surface area (Å²) in [5, 5.41) is 7.43. The Bertz CT molecular complexity index is 350. The van der Waals surface area contributed by atoms with Crippen molar-refractivity contribution >= 4 is 0 Å². The van der Waals surface area contributed by atoms with Gasteiger partial charge >= 0.3 is 0 Å². The number of rotatable bonds is 4. The van der Waals surface area contributed by atoms with Crippen molar-refractivity contribution in [2.24, 2.45) is 5.92 Å². The lowest BCUT2D eigenvalue weighted by Gasteiger charge is -2.30. The van der Waals surface area contributed by atoms with Crippen LogP contribution in [0.3, 0.4) is 0 Å². The molecule has 1 fully saturated rings. The summed E-state index contributed by atoms with van der Waals surface area (Å²) in [6.45, 7) is 10.4. The predicted molar refractivity (Wildman–Crippen MR) is 65.6 cm³/mol. The normalized spacial score (nSPS) is 22.2. The van der Waals surface area contributed by atoms with Crippen molar-refractivity contribution in [2.75, 3.05) is 19.6 Å². The first-order valence-corrected chi connectivity index (χ1v) is 6.40. The van der Waals surface area contributed by atoms with Crippen molar-refractivity contribution in [3.05, 3.63) is 11.7 Å². The van der Waals surface area contributed by atoms with Crippen molar-refractivity contribution in [1.29, 1.82) is 0 Å². The van der Waals surface area contributed by atoms with Gasteiger partial charge in [-0.2, -0.15) is 4.98 Å². The predicted octanol–water partition coefficient (Wildman–Crippen LogP) is 1.06. The second-order valence-corrected chi connectivity index (χ2v) is 5.29. The quantitative estimate of drug-likeness (QED) is 0.850. The van der Waals surface area contributed by atoms with Crippen LogP contribution in [-0.4, -0.2) is 40.7 Å². The summed E-state index contributed by atoms with van der Waals surface area (Å²) >= 11 is 0. The molecule has 5 heteroatoms. The fourth-order valence-corrected chi connectivity index (χ4v) is 2.15. The van der Waals surface area contributed by atoms with E-state index in [1.54, 1.807) is 0 Å². The third-order valence-electron chi connectivity index (χ3n) is 2.91. The van der Waals surface area contributed by atoms with Crippen molar-refractivity contribution < 1.29 is 4.52 Å². The van der Waals surface area contributed by atoms with Crippen LogP contribution in [0.5, 0.6) is 0 Å². The minimum absolute atomic E-state index is 0.543. The molecule has 0 bridgehead atoms. The van der Waals surface area contributed by atoms with Crippen LogP contribution >= 0.6 is 0 Å². The maximum Gasteiger partial charge on any atom is 0.240 e. The van der Waals surface area contributed by atoms with Gasteiger partial charge in [0.25, 0.3) is 0 Å². The Morgan fingerprint density at radius 3 is 3.06 bits per heavy atom. The molecule has 2 rings (SSSR count). The lowest BCUT2D eigenvalue weighted by Crippen LogP contribution is -2.48. The molecule has 1 aromatic rings. The fraction of sp³-hybridized carbons (Fsp3) is 0.833. The summed E-state index contributed by atoms with van der Waals surface area (Å²) in [5.74, 6) is 2.15. The zero-order valence-electron chi connectivity index (χ0n) is 10.9. The van der Waals surface area contributed by atoms with Gasteiger partial charge in [-0.25, -0.2) is 0 Å². The summed E-state index contributed by atoms with van der Waals surface area (Å²) in [5.41, 5.74) is 0. The van der Waals surface area contributed by atoms with Crippen LogP contribution in [0.15, 0.2) is 4.52 Å². The van der Waals surface area contributed by atoms with Gasteiger partial charge in [-0.3, -0.25) is 4.90 Å². The monoisotopic (exact) mass is 238 g/mol. The Labute approximate surface area is 103 Å². The Morgan fingerprint density at radius 2 is 2.35 bits per heavy atom. The molecule has 96 valence electrons. The molecule has 0 amide bonds. The van der Waals surface area contributed by atoms with E-state index in [4.69, 9.17) is 4.52 Å². The second-order valence-electron chi connectivity index (χ2n) is 5.29. The first-order valence-electron chi connectivity index (χ1n) is 6.40. The van der Waals surface area contributed by atoms with Gasteiger partial charge in [0, 0.05) is 32.1 Å². The van der Waals surface area contributed by atoms with E-state index in [9.17, 15) is 0 Å². The van der Waals surface area contributed by atoms with Crippen molar-refractivity contribution in [2.45, 2.75) is 39.8 Å². The van der Waals surface area contributed by atoms with E-state index in [0.717, 1.165) is 44.3 Å². The standard InChI is InChI=1S/C12H22N4O/c1-9(2)6-11-14-12(17-15-11)8-16-5-4-13-10(3)7-16/h9-10,13H,4-8H2,1-3H3. The molecule has 17 heavy (non-hydrogen) atoms. The van der Waals surface area contributed by atoms with Gasteiger partial charge in [-0.15, -0.1) is 0 Å². The molecule has 0 aromatic carbocycles. The number of aromatic nitrogens is 2. The molecule has 1 aliphatic heterocycles. The third-order valence-corrected chi connectivity index (χ3v) is 2.91. The zero-order chi connectivity index (χ0) is 12.3. The molecule has 1 unspecified atom stereocenters. The van der Waals surface area contributed by atoms with E-state index in [0.29, 0.717) is 12.0 Å². The summed E-state index contributed by atoms with van der Waals surface area (Å²) in [6, 6.07) is 0.543. The largest absolute Gasteiger partial charge is 0.338 e. The molecule has 0 aliphatic carbocycles. The van der Waals surface area contributed by atoms with Crippen LogP contribution in [0.4, 0.5) is 0 Å². The number of nitrogens with zero attached hydrogens (tertiary/aromatic N) is 3. The van der Waals surface area contributed by atoms with E-state index in [1.807, 2.05) is 0 Å². The van der Waals surface area contributed by atoms with E-state index in [1.165, 1.54) is 0 Å². The summed E-state index contributed by atoms with van der Waals surface area (Å²) in [4.78, 5) is 6.78. The van der Waals surface area contributed by atoms with Gasteiger partial charge in [0.15, 0.2) is 5.82 Å². The van der Waals surface area contributed by atoms with Crippen molar-refractivity contribution in [3.8, 4) is 0 Å². The minimum Gasteiger partial charge on any atom is -0.338 e. The molecule has 0 saturated carbocycles. The molecule has 5 nitrogen and oxygen atoms in total. The number of hydrogen-bond acceptors (Lipinski definition) is 5. The molecule has 1 atom stereocenters. The van der Waals surface area contributed by atoms with Crippen LogP contribution in [-0.2, 0) is 13.0 Å². The van der Waals surface area contributed by atoms with Crippen LogP contribution in [0.1, 0.15) is 32.5 Å². The molecule has 2 heterocycles. The van der Waals surface area contributed by atoms with Crippen LogP contribution in [0.25, 0.3) is 0 Å². The smallest absolute Gasteiger partial charge is 0.240 e. The Kier molecular flexibility index (Phi) is 4.12. The molecule has 1 aromatic heterocycles. The molecule has 0 spiro atoms. The Balaban J connectivity index is 1.87. The number of piperazine rings is 1. The highest BCUT2D eigenvalue weighted by Crippen LogP contribution is 2.08. The van der Waals surface area contributed by atoms with E-state index in [2.05, 4.69) is 41.1 Å². The first kappa shape index (κ1) is 12.5. The topological polar surface area (TPSA) is 54.2 Å². The molecular formula is C12H22N4O. The average molecular weight is 238 g/mol. The Morgan fingerprint density at radius 1 is 1.53 bits per heavy atom. The number of nitrogens with one attached hydrogen (secondary N) is 1. The SMILES string of the molecule is CC(C)Cc1noc(CN2CCNC(C)C2)n1. The molecule has 0 radical (unpaired) electrons.